The molecule has 8 heteroatoms. The number of benzene rings is 2. The van der Waals surface area contributed by atoms with Gasteiger partial charge in [-0.25, -0.2) is 4.79 Å². The maximum Gasteiger partial charge on any atom is 0.410 e. The van der Waals surface area contributed by atoms with Gasteiger partial charge in [-0.3, -0.25) is 15.0 Å². The van der Waals surface area contributed by atoms with E-state index in [1.54, 1.807) is 11.0 Å². The molecular formula is C28H31N3O5. The number of likely N-dealkylation sites (tertiary alicyclic amines) is 1. The molecule has 1 N–H and O–H groups in total. The van der Waals surface area contributed by atoms with E-state index in [-0.39, 0.29) is 29.0 Å². The molecule has 8 nitrogen and oxygen atoms in total. The predicted molar refractivity (Wildman–Crippen MR) is 134 cm³/mol. The van der Waals surface area contributed by atoms with E-state index in [1.165, 1.54) is 22.3 Å². The molecule has 4 aliphatic rings. The summed E-state index contributed by atoms with van der Waals surface area (Å²) in [7, 11) is 0. The van der Waals surface area contributed by atoms with E-state index in [0.29, 0.717) is 37.6 Å². The molecule has 2 fully saturated rings. The highest BCUT2D eigenvalue weighted by Crippen LogP contribution is 2.45. The van der Waals surface area contributed by atoms with Crippen molar-refractivity contribution in [3.05, 3.63) is 81.5 Å². The molecule has 0 saturated carbocycles. The van der Waals surface area contributed by atoms with Crippen molar-refractivity contribution >= 4 is 6.09 Å². The Morgan fingerprint density at radius 1 is 1.17 bits per heavy atom. The molecule has 0 bridgehead atoms. The van der Waals surface area contributed by atoms with Crippen molar-refractivity contribution in [2.45, 2.75) is 62.6 Å². The zero-order valence-electron chi connectivity index (χ0n) is 20.4. The quantitative estimate of drug-likeness (QED) is 0.479. The summed E-state index contributed by atoms with van der Waals surface area (Å²) in [6.07, 6.45) is 4.92. The molecule has 0 radical (unpaired) electrons. The summed E-state index contributed by atoms with van der Waals surface area (Å²) in [5, 5.41) is 11.0. The van der Waals surface area contributed by atoms with E-state index in [0.717, 1.165) is 19.3 Å². The van der Waals surface area contributed by atoms with Gasteiger partial charge in [0.1, 0.15) is 12.2 Å². The molecule has 36 heavy (non-hydrogen) atoms. The van der Waals surface area contributed by atoms with E-state index in [4.69, 9.17) is 9.57 Å². The van der Waals surface area contributed by atoms with Gasteiger partial charge in [0, 0.05) is 30.8 Å². The smallest absolute Gasteiger partial charge is 0.410 e. The van der Waals surface area contributed by atoms with Gasteiger partial charge in [-0.05, 0) is 60.4 Å². The molecule has 4 atom stereocenters. The van der Waals surface area contributed by atoms with Crippen LogP contribution in [0, 0.1) is 16.0 Å². The molecule has 2 unspecified atom stereocenters. The van der Waals surface area contributed by atoms with Crippen LogP contribution in [0.3, 0.4) is 0 Å². The Morgan fingerprint density at radius 2 is 1.86 bits per heavy atom. The van der Waals surface area contributed by atoms with Crippen molar-refractivity contribution in [1.82, 2.24) is 10.4 Å². The van der Waals surface area contributed by atoms with E-state index < -0.39 is 5.60 Å². The van der Waals surface area contributed by atoms with Crippen LogP contribution in [-0.4, -0.2) is 46.8 Å². The fraction of sp³-hybridized carbons (Fsp3) is 0.464. The number of carbonyl (C=O) groups excluding carboxylic acids is 1. The molecule has 2 aromatic carbocycles. The maximum atomic E-state index is 13.2. The van der Waals surface area contributed by atoms with Crippen LogP contribution in [0.1, 0.15) is 56.1 Å². The third-order valence-electron chi connectivity index (χ3n) is 8.48. The topological polar surface area (TPSA) is 93.9 Å². The summed E-state index contributed by atoms with van der Waals surface area (Å²) in [6, 6.07) is 16.8. The second kappa shape index (κ2) is 9.01. The van der Waals surface area contributed by atoms with E-state index in [2.05, 4.69) is 29.7 Å². The first-order chi connectivity index (χ1) is 17.4. The van der Waals surface area contributed by atoms with Gasteiger partial charge >= 0.3 is 6.09 Å². The second-order valence-corrected chi connectivity index (χ2v) is 10.7. The van der Waals surface area contributed by atoms with Gasteiger partial charge in [-0.15, -0.1) is 0 Å². The third-order valence-corrected chi connectivity index (χ3v) is 8.48. The lowest BCUT2D eigenvalue weighted by molar-refractivity contribution is -0.429. The fourth-order valence-corrected chi connectivity index (χ4v) is 6.64. The summed E-state index contributed by atoms with van der Waals surface area (Å²) in [6.45, 7) is 2.83. The van der Waals surface area contributed by atoms with Gasteiger partial charge in [-0.1, -0.05) is 48.5 Å². The van der Waals surface area contributed by atoms with Crippen LogP contribution in [0.4, 0.5) is 4.79 Å². The van der Waals surface area contributed by atoms with Crippen LogP contribution >= 0.6 is 0 Å². The lowest BCUT2D eigenvalue weighted by Gasteiger charge is -2.25. The van der Waals surface area contributed by atoms with Crippen molar-refractivity contribution in [2.24, 2.45) is 5.92 Å². The lowest BCUT2D eigenvalue weighted by atomic mass is 9.81. The van der Waals surface area contributed by atoms with Gasteiger partial charge in [-0.2, -0.15) is 5.48 Å². The number of rotatable bonds is 4. The first kappa shape index (κ1) is 23.2. The second-order valence-electron chi connectivity index (χ2n) is 10.7. The Balaban J connectivity index is 1.09. The fourth-order valence-electron chi connectivity index (χ4n) is 6.64. The minimum Gasteiger partial charge on any atom is -0.448 e. The van der Waals surface area contributed by atoms with Gasteiger partial charge in [0.25, 0.3) is 0 Å². The molecule has 6 rings (SSSR count). The summed E-state index contributed by atoms with van der Waals surface area (Å²) in [5.41, 5.74) is 7.90. The molecule has 1 spiro atoms. The normalized spacial score (nSPS) is 29.2. The molecule has 2 aromatic rings. The largest absolute Gasteiger partial charge is 0.448 e. The highest BCUT2D eigenvalue weighted by atomic mass is 16.7. The number of ether oxygens (including phenoxy) is 1. The van der Waals surface area contributed by atoms with Crippen LogP contribution in [0.5, 0.6) is 0 Å². The van der Waals surface area contributed by atoms with Crippen LogP contribution < -0.4 is 5.48 Å². The minimum absolute atomic E-state index is 0.00791. The number of amides is 1. The maximum absolute atomic E-state index is 13.2. The highest BCUT2D eigenvalue weighted by molar-refractivity contribution is 5.79. The number of hydrogen-bond donors (Lipinski definition) is 1. The van der Waals surface area contributed by atoms with Crippen LogP contribution in [0.15, 0.2) is 60.3 Å². The Bertz CT molecular complexity index is 1180. The van der Waals surface area contributed by atoms with Crippen molar-refractivity contribution in [1.29, 1.82) is 0 Å². The van der Waals surface area contributed by atoms with Crippen LogP contribution in [0.25, 0.3) is 11.1 Å². The third kappa shape index (κ3) is 3.98. The highest BCUT2D eigenvalue weighted by Gasteiger charge is 2.52. The number of nitrogens with one attached hydrogen (secondary N) is 1. The molecule has 2 saturated heterocycles. The van der Waals surface area contributed by atoms with E-state index >= 15 is 0 Å². The number of fused-ring (bicyclic) bond motifs is 3. The number of hydrogen-bond acceptors (Lipinski definition) is 6. The number of nitro groups is 1. The van der Waals surface area contributed by atoms with Crippen molar-refractivity contribution < 1.29 is 19.3 Å². The van der Waals surface area contributed by atoms with Gasteiger partial charge in [0.2, 0.25) is 5.70 Å². The number of nitrogens with zero attached hydrogens (tertiary/aromatic N) is 2. The lowest BCUT2D eigenvalue weighted by Crippen LogP contribution is -2.38. The molecule has 2 aliphatic carbocycles. The van der Waals surface area contributed by atoms with Gasteiger partial charge in [0.05, 0.1) is 11.5 Å². The summed E-state index contributed by atoms with van der Waals surface area (Å²) < 4.78 is 5.91. The Hall–Kier alpha value is -3.23. The zero-order chi connectivity index (χ0) is 24.9. The minimum atomic E-state index is -0.442. The number of carbonyl (C=O) groups is 1. The Labute approximate surface area is 210 Å². The molecular weight excluding hydrogens is 458 g/mol. The monoisotopic (exact) mass is 489 g/mol. The standard InChI is InChI=1S/C28H31N3O5/c1-18-14-28(15-26(29-36-28)19-10-12-20(13-11-19)31(33)34)17-30(18)27(32)35-16-25-23-8-4-2-6-21(23)22-7-3-5-9-24(22)25/h2-9,12,18-19,25-26,29H,10-11,13-17H2,1H3/t18-,19?,26?,28+/m1/s1. The summed E-state index contributed by atoms with van der Waals surface area (Å²) in [4.78, 5) is 31.9. The zero-order valence-corrected chi connectivity index (χ0v) is 20.4. The number of hydroxylamine groups is 1. The molecule has 2 heterocycles. The van der Waals surface area contributed by atoms with E-state index in [9.17, 15) is 14.9 Å². The molecule has 188 valence electrons. The average Bonchev–Trinajstić information content (AvgIpc) is 3.56. The van der Waals surface area contributed by atoms with E-state index in [1.807, 2.05) is 31.2 Å². The number of allylic oxidation sites excluding steroid dienone is 2. The average molecular weight is 490 g/mol. The summed E-state index contributed by atoms with van der Waals surface area (Å²) in [5.74, 6) is 0.331. The molecule has 0 aromatic heterocycles. The van der Waals surface area contributed by atoms with Crippen LogP contribution in [-0.2, 0) is 9.57 Å². The summed E-state index contributed by atoms with van der Waals surface area (Å²) >= 11 is 0. The van der Waals surface area contributed by atoms with Crippen molar-refractivity contribution in [3.8, 4) is 11.1 Å². The van der Waals surface area contributed by atoms with Crippen molar-refractivity contribution in [2.75, 3.05) is 13.2 Å². The first-order valence-electron chi connectivity index (χ1n) is 12.8. The molecule has 2 aliphatic heterocycles. The van der Waals surface area contributed by atoms with Crippen LogP contribution in [0.2, 0.25) is 0 Å². The van der Waals surface area contributed by atoms with Gasteiger partial charge < -0.3 is 9.64 Å². The SMILES string of the molecule is C[C@@H]1C[C@]2(CC(C3CC=C([N+](=O)[O-])CC3)NO2)CN1C(=O)OCC1c2ccccc2-c2ccccc21. The van der Waals surface area contributed by atoms with Crippen molar-refractivity contribution in [3.63, 3.8) is 0 Å². The van der Waals surface area contributed by atoms with Gasteiger partial charge in [0.15, 0.2) is 0 Å². The Morgan fingerprint density at radius 3 is 2.50 bits per heavy atom. The Kier molecular flexibility index (Phi) is 5.80. The first-order valence-corrected chi connectivity index (χ1v) is 12.8. The predicted octanol–water partition coefficient (Wildman–Crippen LogP) is 5.02. The molecule has 1 amide bonds.